The molecule has 0 fully saturated rings. The minimum absolute atomic E-state index is 0.131. The zero-order chi connectivity index (χ0) is 11.7. The fourth-order valence-electron chi connectivity index (χ4n) is 1.15. The number of hydrogen-bond donors (Lipinski definition) is 1. The first-order chi connectivity index (χ1) is 7.58. The molecule has 0 bridgehead atoms. The molecule has 0 aliphatic heterocycles. The molecule has 1 aromatic heterocycles. The molecular weight excluding hydrogens is 237 g/mol. The van der Waals surface area contributed by atoms with E-state index < -0.39 is 17.5 Å². The molecule has 0 unspecified atom stereocenters. The van der Waals surface area contributed by atoms with Crippen LogP contribution in [0.25, 0.3) is 0 Å². The van der Waals surface area contributed by atoms with Crippen LogP contribution in [0.5, 0.6) is 0 Å². The Morgan fingerprint density at radius 3 is 2.56 bits per heavy atom. The number of halogens is 3. The summed E-state index contributed by atoms with van der Waals surface area (Å²) < 4.78 is 38.8. The van der Waals surface area contributed by atoms with Gasteiger partial charge in [0.25, 0.3) is 0 Å². The molecule has 0 spiro atoms. The van der Waals surface area contributed by atoms with Crippen molar-refractivity contribution in [1.29, 1.82) is 0 Å². The van der Waals surface area contributed by atoms with Gasteiger partial charge in [0.1, 0.15) is 0 Å². The average Bonchev–Trinajstić information content (AvgIpc) is 2.65. The zero-order valence-electron chi connectivity index (χ0n) is 8.22. The minimum atomic E-state index is -1.49. The molecule has 2 aromatic rings. The van der Waals surface area contributed by atoms with E-state index in [-0.39, 0.29) is 5.69 Å². The molecule has 0 saturated carbocycles. The lowest BCUT2D eigenvalue weighted by atomic mass is 10.3. The number of hydrogen-bond acceptors (Lipinski definition) is 3. The molecule has 6 heteroatoms. The fourth-order valence-corrected chi connectivity index (χ4v) is 1.85. The highest BCUT2D eigenvalue weighted by molar-refractivity contribution is 7.13. The lowest BCUT2D eigenvalue weighted by molar-refractivity contribution is 0.449. The second-order valence-electron chi connectivity index (χ2n) is 3.14. The molecule has 84 valence electrons. The predicted octanol–water partition coefficient (Wildman–Crippen LogP) is 3.61. The van der Waals surface area contributed by atoms with Crippen LogP contribution in [0.3, 0.4) is 0 Å². The maximum atomic E-state index is 13.3. The summed E-state index contributed by atoms with van der Waals surface area (Å²) >= 11 is 1.26. The summed E-state index contributed by atoms with van der Waals surface area (Å²) in [5.74, 6) is -3.94. The molecule has 2 nitrogen and oxygen atoms in total. The van der Waals surface area contributed by atoms with Crippen molar-refractivity contribution in [1.82, 2.24) is 4.98 Å². The molecule has 0 amide bonds. The lowest BCUT2D eigenvalue weighted by Crippen LogP contribution is -1.98. The van der Waals surface area contributed by atoms with Gasteiger partial charge in [-0.25, -0.2) is 18.2 Å². The van der Waals surface area contributed by atoms with Crippen LogP contribution >= 0.6 is 11.3 Å². The van der Waals surface area contributed by atoms with Crippen molar-refractivity contribution in [3.05, 3.63) is 40.7 Å². The van der Waals surface area contributed by atoms with E-state index in [0.29, 0.717) is 5.13 Å². The Kier molecular flexibility index (Phi) is 2.82. The van der Waals surface area contributed by atoms with Crippen LogP contribution in [0.2, 0.25) is 0 Å². The van der Waals surface area contributed by atoms with Crippen molar-refractivity contribution in [2.75, 3.05) is 5.32 Å². The second kappa shape index (κ2) is 4.13. The van der Waals surface area contributed by atoms with E-state index in [2.05, 4.69) is 10.3 Å². The van der Waals surface area contributed by atoms with Gasteiger partial charge in [-0.3, -0.25) is 0 Å². The predicted molar refractivity (Wildman–Crippen MR) is 56.4 cm³/mol. The van der Waals surface area contributed by atoms with E-state index in [9.17, 15) is 13.2 Å². The summed E-state index contributed by atoms with van der Waals surface area (Å²) in [6, 6.07) is 1.99. The Morgan fingerprint density at radius 2 is 1.94 bits per heavy atom. The number of benzene rings is 1. The van der Waals surface area contributed by atoms with Crippen molar-refractivity contribution >= 4 is 22.2 Å². The molecule has 1 aromatic carbocycles. The highest BCUT2D eigenvalue weighted by Crippen LogP contribution is 2.25. The van der Waals surface area contributed by atoms with Crippen LogP contribution < -0.4 is 5.32 Å². The summed E-state index contributed by atoms with van der Waals surface area (Å²) in [7, 11) is 0. The van der Waals surface area contributed by atoms with E-state index in [1.54, 1.807) is 12.3 Å². The highest BCUT2D eigenvalue weighted by Gasteiger charge is 2.13. The first-order valence-corrected chi connectivity index (χ1v) is 5.28. The number of thiazole rings is 1. The Balaban J connectivity index is 2.32. The molecule has 0 radical (unpaired) electrons. The fraction of sp³-hybridized carbons (Fsp3) is 0.100. The van der Waals surface area contributed by atoms with E-state index in [4.69, 9.17) is 0 Å². The maximum absolute atomic E-state index is 13.3. The topological polar surface area (TPSA) is 24.9 Å². The van der Waals surface area contributed by atoms with Gasteiger partial charge in [-0.15, -0.1) is 11.3 Å². The Bertz CT molecular complexity index is 525. The summed E-state index contributed by atoms with van der Waals surface area (Å²) in [4.78, 5) is 4.02. The van der Waals surface area contributed by atoms with Gasteiger partial charge in [0.05, 0.1) is 11.4 Å². The smallest absolute Gasteiger partial charge is 0.196 e. The molecule has 0 aliphatic carbocycles. The highest BCUT2D eigenvalue weighted by atomic mass is 32.1. The second-order valence-corrected chi connectivity index (χ2v) is 4.00. The van der Waals surface area contributed by atoms with E-state index in [0.717, 1.165) is 17.8 Å². The van der Waals surface area contributed by atoms with Crippen molar-refractivity contribution < 1.29 is 13.2 Å². The SMILES string of the molecule is Cc1csc(Nc2ccc(F)c(F)c2F)n1. The van der Waals surface area contributed by atoms with Gasteiger partial charge in [0.15, 0.2) is 22.6 Å². The van der Waals surface area contributed by atoms with Gasteiger partial charge >= 0.3 is 0 Å². The maximum Gasteiger partial charge on any atom is 0.196 e. The standard InChI is InChI=1S/C10H7F3N2S/c1-5-4-16-10(14-5)15-7-3-2-6(11)8(12)9(7)13/h2-4H,1H3,(H,14,15). The van der Waals surface area contributed by atoms with Crippen LogP contribution in [0.4, 0.5) is 24.0 Å². The Morgan fingerprint density at radius 1 is 1.19 bits per heavy atom. The number of nitrogens with zero attached hydrogens (tertiary/aromatic N) is 1. The third-order valence-corrected chi connectivity index (χ3v) is 2.77. The number of anilines is 2. The molecule has 0 saturated heterocycles. The quantitative estimate of drug-likeness (QED) is 0.816. The molecule has 1 heterocycles. The first-order valence-electron chi connectivity index (χ1n) is 4.40. The third-order valence-electron chi connectivity index (χ3n) is 1.90. The van der Waals surface area contributed by atoms with Crippen LogP contribution in [0, 0.1) is 24.4 Å². The van der Waals surface area contributed by atoms with Crippen molar-refractivity contribution in [2.24, 2.45) is 0 Å². The molecule has 0 atom stereocenters. The first kappa shape index (κ1) is 10.9. The molecule has 0 aliphatic rings. The lowest BCUT2D eigenvalue weighted by Gasteiger charge is -2.04. The summed E-state index contributed by atoms with van der Waals surface area (Å²) in [6.45, 7) is 1.78. The molecular formula is C10H7F3N2S. The Hall–Kier alpha value is -1.56. The Labute approximate surface area is 93.8 Å². The van der Waals surface area contributed by atoms with Crippen LogP contribution in [-0.4, -0.2) is 4.98 Å². The number of aromatic nitrogens is 1. The number of aryl methyl sites for hydroxylation is 1. The number of nitrogens with one attached hydrogen (secondary N) is 1. The monoisotopic (exact) mass is 244 g/mol. The zero-order valence-corrected chi connectivity index (χ0v) is 9.04. The van der Waals surface area contributed by atoms with Gasteiger partial charge < -0.3 is 5.32 Å². The van der Waals surface area contributed by atoms with Gasteiger partial charge in [-0.1, -0.05) is 0 Å². The largest absolute Gasteiger partial charge is 0.329 e. The summed E-state index contributed by atoms with van der Waals surface area (Å²) in [5, 5.41) is 4.78. The van der Waals surface area contributed by atoms with Crippen LogP contribution in [0.1, 0.15) is 5.69 Å². The third kappa shape index (κ3) is 2.01. The molecule has 16 heavy (non-hydrogen) atoms. The van der Waals surface area contributed by atoms with Gasteiger partial charge in [0.2, 0.25) is 0 Å². The van der Waals surface area contributed by atoms with E-state index >= 15 is 0 Å². The van der Waals surface area contributed by atoms with Crippen molar-refractivity contribution in [2.45, 2.75) is 6.92 Å². The molecule has 2 rings (SSSR count). The molecule has 1 N–H and O–H groups in total. The van der Waals surface area contributed by atoms with E-state index in [1.807, 2.05) is 0 Å². The van der Waals surface area contributed by atoms with Gasteiger partial charge in [-0.2, -0.15) is 0 Å². The van der Waals surface area contributed by atoms with E-state index in [1.165, 1.54) is 11.3 Å². The summed E-state index contributed by atoms with van der Waals surface area (Å²) in [5.41, 5.74) is 0.642. The van der Waals surface area contributed by atoms with Crippen molar-refractivity contribution in [3.8, 4) is 0 Å². The summed E-state index contributed by atoms with van der Waals surface area (Å²) in [6.07, 6.45) is 0. The van der Waals surface area contributed by atoms with Gasteiger partial charge in [-0.05, 0) is 19.1 Å². The minimum Gasteiger partial charge on any atom is -0.329 e. The van der Waals surface area contributed by atoms with Crippen LogP contribution in [-0.2, 0) is 0 Å². The van der Waals surface area contributed by atoms with Crippen LogP contribution in [0.15, 0.2) is 17.5 Å². The normalized spacial score (nSPS) is 10.5. The number of rotatable bonds is 2. The van der Waals surface area contributed by atoms with Crippen molar-refractivity contribution in [3.63, 3.8) is 0 Å². The average molecular weight is 244 g/mol. The van der Waals surface area contributed by atoms with Gasteiger partial charge in [0, 0.05) is 5.38 Å².